The number of hydrogen-bond acceptors (Lipinski definition) is 8. The van der Waals surface area contributed by atoms with Crippen LogP contribution in [0.4, 0.5) is 10.1 Å². The molecule has 1 heterocycles. The highest BCUT2D eigenvalue weighted by Crippen LogP contribution is 2.45. The monoisotopic (exact) mass is 666 g/mol. The van der Waals surface area contributed by atoms with Gasteiger partial charge in [0.25, 0.3) is 0 Å². The normalized spacial score (nSPS) is 14.5. The SMILES string of the molecule is CCN(CCC[C@H](C)Nc1ccnc2cc(F)ccc12)CCO[P@@](=O)(N[C@@H](C)C(=O)OC(C)C)Oc1cccc(Br)c1. The van der Waals surface area contributed by atoms with Crippen LogP contribution in [0.1, 0.15) is 47.5 Å². The summed E-state index contributed by atoms with van der Waals surface area (Å²) >= 11 is 3.38. The molecule has 0 saturated heterocycles. The van der Waals surface area contributed by atoms with Gasteiger partial charge in [0.05, 0.1) is 18.2 Å². The number of esters is 1. The van der Waals surface area contributed by atoms with E-state index >= 15 is 0 Å². The number of benzene rings is 2. The molecule has 3 rings (SSSR count). The van der Waals surface area contributed by atoms with E-state index < -0.39 is 19.8 Å². The Morgan fingerprint density at radius 2 is 1.90 bits per heavy atom. The van der Waals surface area contributed by atoms with E-state index in [0.29, 0.717) is 17.8 Å². The molecular weight excluding hydrogens is 626 g/mol. The van der Waals surface area contributed by atoms with Crippen molar-refractivity contribution < 1.29 is 27.5 Å². The van der Waals surface area contributed by atoms with E-state index in [1.807, 2.05) is 12.1 Å². The molecule has 0 aliphatic rings. The fraction of sp³-hybridized carbons (Fsp3) is 0.467. The van der Waals surface area contributed by atoms with E-state index in [1.165, 1.54) is 12.1 Å². The second kappa shape index (κ2) is 16.3. The molecule has 3 atom stereocenters. The zero-order valence-corrected chi connectivity index (χ0v) is 27.3. The third-order valence-corrected chi connectivity index (χ3v) is 8.58. The first kappa shape index (κ1) is 33.9. The Kier molecular flexibility index (Phi) is 13.2. The minimum Gasteiger partial charge on any atom is -0.462 e. The molecule has 42 heavy (non-hydrogen) atoms. The third-order valence-electron chi connectivity index (χ3n) is 6.41. The fourth-order valence-electron chi connectivity index (χ4n) is 4.30. The number of fused-ring (bicyclic) bond motifs is 1. The highest BCUT2D eigenvalue weighted by molar-refractivity contribution is 9.10. The molecule has 0 unspecified atom stereocenters. The van der Waals surface area contributed by atoms with Crippen molar-refractivity contribution in [2.24, 2.45) is 0 Å². The molecule has 0 aliphatic carbocycles. The van der Waals surface area contributed by atoms with Crippen LogP contribution in [0.15, 0.2) is 59.2 Å². The maximum absolute atomic E-state index is 13.7. The van der Waals surface area contributed by atoms with Gasteiger partial charge in [-0.25, -0.2) is 8.96 Å². The van der Waals surface area contributed by atoms with E-state index in [4.69, 9.17) is 13.8 Å². The Balaban J connectivity index is 1.53. The molecule has 0 saturated carbocycles. The number of carbonyl (C=O) groups is 1. The average Bonchev–Trinajstić information content (AvgIpc) is 2.91. The topological polar surface area (TPSA) is 102 Å². The van der Waals surface area contributed by atoms with Crippen LogP contribution >= 0.6 is 23.7 Å². The Hall–Kier alpha value is -2.56. The number of rotatable bonds is 17. The molecule has 0 spiro atoms. The van der Waals surface area contributed by atoms with Crippen molar-refractivity contribution in [2.45, 2.75) is 65.6 Å². The molecule has 0 amide bonds. The Morgan fingerprint density at radius 1 is 1.12 bits per heavy atom. The van der Waals surface area contributed by atoms with E-state index in [-0.39, 0.29) is 24.6 Å². The van der Waals surface area contributed by atoms with Crippen molar-refractivity contribution in [1.82, 2.24) is 15.0 Å². The van der Waals surface area contributed by atoms with Gasteiger partial charge in [-0.1, -0.05) is 28.9 Å². The summed E-state index contributed by atoms with van der Waals surface area (Å²) in [4.78, 5) is 18.8. The maximum Gasteiger partial charge on any atom is 0.459 e. The molecule has 1 aromatic heterocycles. The van der Waals surface area contributed by atoms with Gasteiger partial charge in [0.15, 0.2) is 0 Å². The number of ether oxygens (including phenoxy) is 1. The van der Waals surface area contributed by atoms with Crippen LogP contribution in [0.2, 0.25) is 0 Å². The highest BCUT2D eigenvalue weighted by atomic mass is 79.9. The Labute approximate surface area is 256 Å². The van der Waals surface area contributed by atoms with Gasteiger partial charge >= 0.3 is 13.7 Å². The predicted octanol–water partition coefficient (Wildman–Crippen LogP) is 7.17. The highest BCUT2D eigenvalue weighted by Gasteiger charge is 2.32. The number of carbonyl (C=O) groups excluding carboxylic acids is 1. The predicted molar refractivity (Wildman–Crippen MR) is 168 cm³/mol. The lowest BCUT2D eigenvalue weighted by Crippen LogP contribution is -2.37. The van der Waals surface area contributed by atoms with Crippen molar-refractivity contribution in [3.8, 4) is 5.75 Å². The first-order chi connectivity index (χ1) is 20.0. The molecule has 0 bridgehead atoms. The zero-order valence-electron chi connectivity index (χ0n) is 24.8. The first-order valence-electron chi connectivity index (χ1n) is 14.2. The van der Waals surface area contributed by atoms with Crippen molar-refractivity contribution in [2.75, 3.05) is 31.6 Å². The van der Waals surface area contributed by atoms with Gasteiger partial charge in [0.1, 0.15) is 17.6 Å². The molecule has 3 aromatic rings. The lowest BCUT2D eigenvalue weighted by atomic mass is 10.1. The Bertz CT molecular complexity index is 1360. The van der Waals surface area contributed by atoms with Crippen molar-refractivity contribution in [3.63, 3.8) is 0 Å². The Morgan fingerprint density at radius 3 is 2.62 bits per heavy atom. The van der Waals surface area contributed by atoms with Crippen LogP contribution in [0.5, 0.6) is 5.75 Å². The summed E-state index contributed by atoms with van der Waals surface area (Å²) in [7, 11) is -3.92. The second-order valence-corrected chi connectivity index (χ2v) is 13.0. The number of anilines is 1. The number of likely N-dealkylation sites (N-methyl/N-ethyl adjacent to an activating group) is 1. The van der Waals surface area contributed by atoms with E-state index in [2.05, 4.69) is 50.1 Å². The van der Waals surface area contributed by atoms with Gasteiger partial charge in [0, 0.05) is 40.4 Å². The van der Waals surface area contributed by atoms with Crippen LogP contribution in [0, 0.1) is 5.82 Å². The number of hydrogen-bond donors (Lipinski definition) is 2. The van der Waals surface area contributed by atoms with Crippen LogP contribution in [0.25, 0.3) is 10.9 Å². The zero-order chi connectivity index (χ0) is 30.7. The molecule has 9 nitrogen and oxygen atoms in total. The van der Waals surface area contributed by atoms with Gasteiger partial charge in [0.2, 0.25) is 0 Å². The molecule has 2 N–H and O–H groups in total. The minimum atomic E-state index is -3.92. The first-order valence-corrected chi connectivity index (χ1v) is 16.5. The third kappa shape index (κ3) is 10.9. The second-order valence-electron chi connectivity index (χ2n) is 10.4. The van der Waals surface area contributed by atoms with E-state index in [9.17, 15) is 13.8 Å². The lowest BCUT2D eigenvalue weighted by Gasteiger charge is -2.25. The number of pyridine rings is 1. The summed E-state index contributed by atoms with van der Waals surface area (Å²) in [5.74, 6) is -0.513. The number of aromatic nitrogens is 1. The van der Waals surface area contributed by atoms with E-state index in [0.717, 1.165) is 41.5 Å². The molecular formula is C30H41BrFN4O5P. The molecule has 0 fully saturated rings. The van der Waals surface area contributed by atoms with Gasteiger partial charge < -0.3 is 19.5 Å². The summed E-state index contributed by atoms with van der Waals surface area (Å²) in [5, 5.41) is 7.12. The number of halogens is 2. The van der Waals surface area contributed by atoms with Gasteiger partial charge in [-0.15, -0.1) is 0 Å². The summed E-state index contributed by atoms with van der Waals surface area (Å²) in [6.07, 6.45) is 3.20. The summed E-state index contributed by atoms with van der Waals surface area (Å²) in [6, 6.07) is 12.7. The molecule has 2 aromatic carbocycles. The molecule has 0 aliphatic heterocycles. The smallest absolute Gasteiger partial charge is 0.459 e. The quantitative estimate of drug-likeness (QED) is 0.115. The van der Waals surface area contributed by atoms with Crippen molar-refractivity contribution >= 4 is 46.2 Å². The maximum atomic E-state index is 13.7. The van der Waals surface area contributed by atoms with E-state index in [1.54, 1.807) is 51.2 Å². The van der Waals surface area contributed by atoms with Crippen LogP contribution in [-0.4, -0.2) is 60.3 Å². The van der Waals surface area contributed by atoms with Gasteiger partial charge in [-0.05, 0) is 90.0 Å². The van der Waals surface area contributed by atoms with Crippen LogP contribution in [0.3, 0.4) is 0 Å². The van der Waals surface area contributed by atoms with Crippen LogP contribution in [-0.2, 0) is 18.6 Å². The largest absolute Gasteiger partial charge is 0.462 e. The van der Waals surface area contributed by atoms with Gasteiger partial charge in [-0.2, -0.15) is 5.09 Å². The number of nitrogens with one attached hydrogen (secondary N) is 2. The molecule has 230 valence electrons. The lowest BCUT2D eigenvalue weighted by molar-refractivity contribution is -0.149. The summed E-state index contributed by atoms with van der Waals surface area (Å²) in [6.45, 7) is 11.5. The van der Waals surface area contributed by atoms with Crippen molar-refractivity contribution in [1.29, 1.82) is 0 Å². The minimum absolute atomic E-state index is 0.130. The molecule has 12 heteroatoms. The standard InChI is InChI=1S/C30H41BrFN4O5P/c1-6-36(16-8-9-22(4)34-28-14-15-33-29-20-25(32)12-13-27(28)29)17-18-39-42(38,35-23(5)30(37)40-21(2)3)41-26-11-7-10-24(31)19-26/h7,10-15,19-23H,6,8-9,16-18H2,1-5H3,(H,33,34)(H,35,38)/t22-,23-,42-/m0/s1. The van der Waals surface area contributed by atoms with Crippen molar-refractivity contribution in [3.05, 3.63) is 65.0 Å². The summed E-state index contributed by atoms with van der Waals surface area (Å²) < 4.78 is 44.9. The number of nitrogens with zero attached hydrogens (tertiary/aromatic N) is 2. The molecule has 0 radical (unpaired) electrons. The van der Waals surface area contributed by atoms with Gasteiger partial charge in [-0.3, -0.25) is 14.3 Å². The summed E-state index contributed by atoms with van der Waals surface area (Å²) in [5.41, 5.74) is 1.54. The average molecular weight is 668 g/mol. The van der Waals surface area contributed by atoms with Crippen LogP contribution < -0.4 is 14.9 Å². The fourth-order valence-corrected chi connectivity index (χ4v) is 6.15.